The van der Waals surface area contributed by atoms with Crippen molar-refractivity contribution in [2.45, 2.75) is 52.0 Å². The molecule has 1 saturated carbocycles. The van der Waals surface area contributed by atoms with Gasteiger partial charge in [-0.3, -0.25) is 0 Å². The largest absolute Gasteiger partial charge is 0.380 e. The average molecular weight is 225 g/mol. The van der Waals surface area contributed by atoms with Gasteiger partial charge in [0, 0.05) is 12.6 Å². The van der Waals surface area contributed by atoms with E-state index in [1.807, 2.05) is 6.92 Å². The van der Waals surface area contributed by atoms with Gasteiger partial charge in [0.05, 0.1) is 13.2 Å². The molecule has 16 heavy (non-hydrogen) atoms. The third kappa shape index (κ3) is 6.29. The van der Waals surface area contributed by atoms with Gasteiger partial charge in [0.15, 0.2) is 0 Å². The molecule has 0 heterocycles. The van der Waals surface area contributed by atoms with Crippen molar-refractivity contribution < 1.29 is 4.74 Å². The molecule has 0 aromatic carbocycles. The zero-order valence-corrected chi connectivity index (χ0v) is 10.9. The maximum Gasteiger partial charge on any atom is 0.0591 e. The van der Waals surface area contributed by atoms with Crippen molar-refractivity contribution >= 4 is 0 Å². The average Bonchev–Trinajstić information content (AvgIpc) is 2.23. The number of ether oxygens (including phenoxy) is 1. The number of rotatable bonds is 7. The van der Waals surface area contributed by atoms with E-state index in [4.69, 9.17) is 4.74 Å². The molecular weight excluding hydrogens is 198 g/mol. The van der Waals surface area contributed by atoms with Gasteiger partial charge >= 0.3 is 0 Å². The van der Waals surface area contributed by atoms with Gasteiger partial charge in [0.1, 0.15) is 0 Å². The van der Waals surface area contributed by atoms with E-state index in [1.165, 1.54) is 31.3 Å². The topological polar surface area (TPSA) is 21.3 Å². The summed E-state index contributed by atoms with van der Waals surface area (Å²) in [5.41, 5.74) is 1.20. The van der Waals surface area contributed by atoms with Crippen LogP contribution in [0, 0.1) is 5.92 Å². The Morgan fingerprint density at radius 2 is 2.19 bits per heavy atom. The van der Waals surface area contributed by atoms with E-state index in [0.717, 1.165) is 38.1 Å². The summed E-state index contributed by atoms with van der Waals surface area (Å²) < 4.78 is 5.54. The van der Waals surface area contributed by atoms with Crippen LogP contribution in [0.25, 0.3) is 0 Å². The SMILES string of the molecule is C=C(C)CCOCCNC1CCCC(C)C1. The number of hydrogen-bond donors (Lipinski definition) is 1. The molecule has 2 atom stereocenters. The third-order valence-electron chi connectivity index (χ3n) is 3.29. The van der Waals surface area contributed by atoms with E-state index >= 15 is 0 Å². The van der Waals surface area contributed by atoms with Crippen molar-refractivity contribution in [3.05, 3.63) is 12.2 Å². The number of hydrogen-bond acceptors (Lipinski definition) is 2. The normalized spacial score (nSPS) is 25.6. The molecule has 0 bridgehead atoms. The molecule has 0 radical (unpaired) electrons. The molecule has 1 rings (SSSR count). The van der Waals surface area contributed by atoms with Crippen molar-refractivity contribution in [3.63, 3.8) is 0 Å². The van der Waals surface area contributed by atoms with Crippen molar-refractivity contribution in [3.8, 4) is 0 Å². The highest BCUT2D eigenvalue weighted by molar-refractivity contribution is 4.87. The first kappa shape index (κ1) is 13.7. The maximum absolute atomic E-state index is 5.54. The van der Waals surface area contributed by atoms with E-state index in [9.17, 15) is 0 Å². The van der Waals surface area contributed by atoms with Crippen molar-refractivity contribution in [2.24, 2.45) is 5.92 Å². The van der Waals surface area contributed by atoms with E-state index < -0.39 is 0 Å². The van der Waals surface area contributed by atoms with Gasteiger partial charge in [-0.15, -0.1) is 6.58 Å². The fraction of sp³-hybridized carbons (Fsp3) is 0.857. The lowest BCUT2D eigenvalue weighted by Crippen LogP contribution is -2.35. The van der Waals surface area contributed by atoms with E-state index in [1.54, 1.807) is 0 Å². The lowest BCUT2D eigenvalue weighted by Gasteiger charge is -2.27. The number of nitrogens with one attached hydrogen (secondary N) is 1. The minimum absolute atomic E-state index is 0.730. The Hall–Kier alpha value is -0.340. The van der Waals surface area contributed by atoms with E-state index in [-0.39, 0.29) is 0 Å². The first-order valence-electron chi connectivity index (χ1n) is 6.64. The Balaban J connectivity index is 1.92. The fourth-order valence-corrected chi connectivity index (χ4v) is 2.30. The second-order valence-corrected chi connectivity index (χ2v) is 5.24. The molecule has 2 unspecified atom stereocenters. The summed E-state index contributed by atoms with van der Waals surface area (Å²) >= 11 is 0. The molecule has 2 nitrogen and oxygen atoms in total. The summed E-state index contributed by atoms with van der Waals surface area (Å²) in [5, 5.41) is 3.59. The van der Waals surface area contributed by atoms with Crippen LogP contribution in [-0.4, -0.2) is 25.8 Å². The lowest BCUT2D eigenvalue weighted by atomic mass is 9.87. The lowest BCUT2D eigenvalue weighted by molar-refractivity contribution is 0.133. The summed E-state index contributed by atoms with van der Waals surface area (Å²) in [7, 11) is 0. The van der Waals surface area contributed by atoms with Crippen LogP contribution in [-0.2, 0) is 4.74 Å². The zero-order valence-electron chi connectivity index (χ0n) is 10.9. The van der Waals surface area contributed by atoms with Crippen LogP contribution in [0.4, 0.5) is 0 Å². The smallest absolute Gasteiger partial charge is 0.0591 e. The first-order valence-corrected chi connectivity index (χ1v) is 6.64. The van der Waals surface area contributed by atoms with Crippen LogP contribution in [0.15, 0.2) is 12.2 Å². The van der Waals surface area contributed by atoms with E-state index in [2.05, 4.69) is 18.8 Å². The van der Waals surface area contributed by atoms with Gasteiger partial charge in [-0.25, -0.2) is 0 Å². The molecule has 1 fully saturated rings. The third-order valence-corrected chi connectivity index (χ3v) is 3.29. The van der Waals surface area contributed by atoms with Crippen LogP contribution in [0.1, 0.15) is 46.0 Å². The van der Waals surface area contributed by atoms with Gasteiger partial charge in [-0.2, -0.15) is 0 Å². The monoisotopic (exact) mass is 225 g/mol. The van der Waals surface area contributed by atoms with Gasteiger partial charge in [0.2, 0.25) is 0 Å². The van der Waals surface area contributed by atoms with Crippen LogP contribution >= 0.6 is 0 Å². The van der Waals surface area contributed by atoms with Crippen molar-refractivity contribution in [1.82, 2.24) is 5.32 Å². The van der Waals surface area contributed by atoms with Crippen molar-refractivity contribution in [2.75, 3.05) is 19.8 Å². The summed E-state index contributed by atoms with van der Waals surface area (Å²) in [4.78, 5) is 0. The van der Waals surface area contributed by atoms with E-state index in [0.29, 0.717) is 0 Å². The summed E-state index contributed by atoms with van der Waals surface area (Å²) in [6.45, 7) is 10.9. The Morgan fingerprint density at radius 3 is 2.88 bits per heavy atom. The molecular formula is C14H27NO. The quantitative estimate of drug-likeness (QED) is 0.531. The molecule has 0 saturated heterocycles. The Morgan fingerprint density at radius 1 is 1.38 bits per heavy atom. The summed E-state index contributed by atoms with van der Waals surface area (Å²) in [5.74, 6) is 0.899. The van der Waals surface area contributed by atoms with Crippen LogP contribution in [0.2, 0.25) is 0 Å². The molecule has 1 N–H and O–H groups in total. The highest BCUT2D eigenvalue weighted by atomic mass is 16.5. The van der Waals surface area contributed by atoms with Crippen LogP contribution in [0.3, 0.4) is 0 Å². The van der Waals surface area contributed by atoms with Gasteiger partial charge < -0.3 is 10.1 Å². The molecule has 0 amide bonds. The first-order chi connectivity index (χ1) is 7.68. The van der Waals surface area contributed by atoms with Gasteiger partial charge in [0.25, 0.3) is 0 Å². The molecule has 1 aliphatic carbocycles. The van der Waals surface area contributed by atoms with Crippen LogP contribution < -0.4 is 5.32 Å². The molecule has 1 aliphatic rings. The second kappa shape index (κ2) is 7.86. The maximum atomic E-state index is 5.54. The predicted octanol–water partition coefficient (Wildman–Crippen LogP) is 3.14. The highest BCUT2D eigenvalue weighted by Gasteiger charge is 2.17. The molecule has 0 spiro atoms. The zero-order chi connectivity index (χ0) is 11.8. The Bertz CT molecular complexity index is 203. The molecule has 0 aromatic rings. The highest BCUT2D eigenvalue weighted by Crippen LogP contribution is 2.23. The molecule has 94 valence electrons. The Kier molecular flexibility index (Phi) is 6.74. The molecule has 0 aliphatic heterocycles. The minimum atomic E-state index is 0.730. The van der Waals surface area contributed by atoms with Crippen LogP contribution in [0.5, 0.6) is 0 Å². The summed E-state index contributed by atoms with van der Waals surface area (Å²) in [6, 6.07) is 0.730. The van der Waals surface area contributed by atoms with Gasteiger partial charge in [-0.1, -0.05) is 25.3 Å². The predicted molar refractivity (Wildman–Crippen MR) is 69.7 cm³/mol. The molecule has 0 aromatic heterocycles. The molecule has 2 heteroatoms. The standard InChI is InChI=1S/C14H27NO/c1-12(2)7-9-16-10-8-15-14-6-4-5-13(3)11-14/h13-15H,1,4-11H2,2-3H3. The van der Waals surface area contributed by atoms with Gasteiger partial charge in [-0.05, 0) is 32.1 Å². The Labute approximate surface area is 100 Å². The minimum Gasteiger partial charge on any atom is -0.380 e. The summed E-state index contributed by atoms with van der Waals surface area (Å²) in [6.07, 6.45) is 6.46. The van der Waals surface area contributed by atoms with Crippen molar-refractivity contribution in [1.29, 1.82) is 0 Å². The second-order valence-electron chi connectivity index (χ2n) is 5.24. The fourth-order valence-electron chi connectivity index (χ4n) is 2.30.